The van der Waals surface area contributed by atoms with Crippen LogP contribution < -0.4 is 20.7 Å². The van der Waals surface area contributed by atoms with Crippen LogP contribution in [-0.4, -0.2) is 53.1 Å². The van der Waals surface area contributed by atoms with E-state index in [2.05, 4.69) is 44.7 Å². The Morgan fingerprint density at radius 2 is 1.97 bits per heavy atom. The van der Waals surface area contributed by atoms with Gasteiger partial charge in [0, 0.05) is 49.8 Å². The van der Waals surface area contributed by atoms with E-state index < -0.39 is 17.6 Å². The molecule has 208 valence electrons. The lowest BCUT2D eigenvalue weighted by atomic mass is 10.1. The van der Waals surface area contributed by atoms with Crippen molar-refractivity contribution in [1.82, 2.24) is 14.9 Å². The second-order valence-electron chi connectivity index (χ2n) is 9.69. The molecule has 4 rings (SSSR count). The van der Waals surface area contributed by atoms with Crippen LogP contribution in [0.3, 0.4) is 0 Å². The first-order valence-electron chi connectivity index (χ1n) is 12.9. The van der Waals surface area contributed by atoms with Crippen molar-refractivity contribution in [2.24, 2.45) is 0 Å². The number of nitrogens with one attached hydrogen (secondary N) is 3. The average molecular weight is 543 g/mol. The number of benzene rings is 1. The Kier molecular flexibility index (Phi) is 8.90. The van der Waals surface area contributed by atoms with E-state index in [0.717, 1.165) is 37.1 Å². The number of carbonyl (C=O) groups excluding carboxylic acids is 1. The zero-order chi connectivity index (χ0) is 28.0. The number of amides is 1. The van der Waals surface area contributed by atoms with E-state index in [1.54, 1.807) is 25.4 Å². The quantitative estimate of drug-likeness (QED) is 0.305. The summed E-state index contributed by atoms with van der Waals surface area (Å²) in [5.74, 6) is 0.457. The lowest BCUT2D eigenvalue weighted by molar-refractivity contribution is -0.137. The highest BCUT2D eigenvalue weighted by Gasteiger charge is 2.32. The Morgan fingerprint density at radius 1 is 1.15 bits per heavy atom. The molecule has 0 bridgehead atoms. The molecule has 8 nitrogen and oxygen atoms in total. The van der Waals surface area contributed by atoms with E-state index in [-0.39, 0.29) is 29.6 Å². The van der Waals surface area contributed by atoms with Gasteiger partial charge in [0.2, 0.25) is 0 Å². The highest BCUT2D eigenvalue weighted by atomic mass is 19.4. The van der Waals surface area contributed by atoms with Crippen LogP contribution in [0, 0.1) is 0 Å². The third-order valence-electron chi connectivity index (χ3n) is 6.61. The van der Waals surface area contributed by atoms with Crippen LogP contribution in [0.4, 0.5) is 30.5 Å². The predicted octanol–water partition coefficient (Wildman–Crippen LogP) is 5.65. The largest absolute Gasteiger partial charge is 0.492 e. The van der Waals surface area contributed by atoms with E-state index in [1.165, 1.54) is 12.3 Å². The number of alkyl halides is 3. The number of pyridine rings is 2. The summed E-state index contributed by atoms with van der Waals surface area (Å²) in [6.45, 7) is 5.76. The Balaban J connectivity index is 1.50. The highest BCUT2D eigenvalue weighted by molar-refractivity contribution is 6.07. The number of likely N-dealkylation sites (tertiary alicyclic amines) is 1. The monoisotopic (exact) mass is 542 g/mol. The number of hydrogen-bond acceptors (Lipinski definition) is 7. The van der Waals surface area contributed by atoms with Crippen LogP contribution in [0.1, 0.15) is 48.2 Å². The van der Waals surface area contributed by atoms with Crippen LogP contribution in [0.25, 0.3) is 0 Å². The second-order valence-corrected chi connectivity index (χ2v) is 9.69. The fraction of sp³-hybridized carbons (Fsp3) is 0.393. The summed E-state index contributed by atoms with van der Waals surface area (Å²) >= 11 is 0. The van der Waals surface area contributed by atoms with Gasteiger partial charge >= 0.3 is 6.18 Å². The molecule has 1 amide bonds. The van der Waals surface area contributed by atoms with Crippen LogP contribution in [0.5, 0.6) is 5.75 Å². The number of halogens is 3. The maximum absolute atomic E-state index is 13.7. The second kappa shape index (κ2) is 12.3. The van der Waals surface area contributed by atoms with Crippen molar-refractivity contribution in [2.75, 3.05) is 36.1 Å². The standard InChI is InChI=1S/C28H33F3N6O2/c1-18(2)37-11-5-6-22(37)17-39-23-14-20(28(29,30)31)13-21(15-23)36-27(38)24-7-4-9-34-26(24)35-16-19-8-10-33-25(12-19)32-3/h4,7-10,12-15,18,22H,5-6,11,16-17H2,1-3H3,(H,32,33)(H,34,35)(H,36,38). The maximum atomic E-state index is 13.7. The van der Waals surface area contributed by atoms with Crippen LogP contribution in [0.15, 0.2) is 54.9 Å². The van der Waals surface area contributed by atoms with Gasteiger partial charge in [0.25, 0.3) is 5.91 Å². The number of ether oxygens (including phenoxy) is 1. The molecule has 1 aliphatic rings. The molecule has 0 spiro atoms. The number of nitrogens with zero attached hydrogens (tertiary/aromatic N) is 3. The summed E-state index contributed by atoms with van der Waals surface area (Å²) in [7, 11) is 1.76. The third kappa shape index (κ3) is 7.38. The van der Waals surface area contributed by atoms with Gasteiger partial charge in [-0.2, -0.15) is 13.2 Å². The van der Waals surface area contributed by atoms with Crippen molar-refractivity contribution >= 4 is 23.2 Å². The van der Waals surface area contributed by atoms with Crippen molar-refractivity contribution < 1.29 is 22.7 Å². The Labute approximate surface area is 226 Å². The van der Waals surface area contributed by atoms with E-state index in [1.807, 2.05) is 12.1 Å². The van der Waals surface area contributed by atoms with Crippen molar-refractivity contribution in [3.8, 4) is 5.75 Å². The Bertz CT molecular complexity index is 1280. The molecule has 1 unspecified atom stereocenters. The van der Waals surface area contributed by atoms with E-state index in [4.69, 9.17) is 4.74 Å². The fourth-order valence-corrected chi connectivity index (χ4v) is 4.66. The minimum Gasteiger partial charge on any atom is -0.492 e. The Morgan fingerprint density at radius 3 is 2.72 bits per heavy atom. The molecular weight excluding hydrogens is 509 g/mol. The van der Waals surface area contributed by atoms with Crippen LogP contribution in [-0.2, 0) is 12.7 Å². The number of carbonyl (C=O) groups is 1. The summed E-state index contributed by atoms with van der Waals surface area (Å²) in [6, 6.07) is 10.6. The zero-order valence-electron chi connectivity index (χ0n) is 22.2. The topological polar surface area (TPSA) is 91.4 Å². The summed E-state index contributed by atoms with van der Waals surface area (Å²) in [5.41, 5.74) is 0.188. The smallest absolute Gasteiger partial charge is 0.416 e. The summed E-state index contributed by atoms with van der Waals surface area (Å²) in [4.78, 5) is 23.9. The van der Waals surface area contributed by atoms with E-state index in [0.29, 0.717) is 24.2 Å². The molecule has 1 saturated heterocycles. The lowest BCUT2D eigenvalue weighted by Crippen LogP contribution is -2.39. The molecule has 3 heterocycles. The first-order valence-corrected chi connectivity index (χ1v) is 12.9. The summed E-state index contributed by atoms with van der Waals surface area (Å²) < 4.78 is 46.9. The molecule has 11 heteroatoms. The number of rotatable bonds is 10. The van der Waals surface area contributed by atoms with E-state index in [9.17, 15) is 18.0 Å². The molecular formula is C28H33F3N6O2. The average Bonchev–Trinajstić information content (AvgIpc) is 3.39. The molecule has 39 heavy (non-hydrogen) atoms. The maximum Gasteiger partial charge on any atom is 0.416 e. The van der Waals surface area contributed by atoms with Gasteiger partial charge in [-0.15, -0.1) is 0 Å². The first kappa shape index (κ1) is 28.2. The van der Waals surface area contributed by atoms with Gasteiger partial charge < -0.3 is 20.7 Å². The van der Waals surface area contributed by atoms with Crippen LogP contribution in [0.2, 0.25) is 0 Å². The van der Waals surface area contributed by atoms with Gasteiger partial charge in [-0.1, -0.05) is 0 Å². The predicted molar refractivity (Wildman–Crippen MR) is 145 cm³/mol. The highest BCUT2D eigenvalue weighted by Crippen LogP contribution is 2.35. The van der Waals surface area contributed by atoms with Crippen molar-refractivity contribution in [2.45, 2.75) is 51.5 Å². The van der Waals surface area contributed by atoms with Gasteiger partial charge in [-0.05, 0) is 75.2 Å². The van der Waals surface area contributed by atoms with Crippen molar-refractivity contribution in [1.29, 1.82) is 0 Å². The molecule has 0 radical (unpaired) electrons. The van der Waals surface area contributed by atoms with Gasteiger partial charge in [-0.25, -0.2) is 9.97 Å². The third-order valence-corrected chi connectivity index (χ3v) is 6.61. The molecule has 3 N–H and O–H groups in total. The molecule has 1 aromatic carbocycles. The van der Waals surface area contributed by atoms with E-state index >= 15 is 0 Å². The number of hydrogen-bond donors (Lipinski definition) is 3. The van der Waals surface area contributed by atoms with Crippen molar-refractivity contribution in [3.63, 3.8) is 0 Å². The molecule has 0 saturated carbocycles. The lowest BCUT2D eigenvalue weighted by Gasteiger charge is -2.28. The van der Waals surface area contributed by atoms with Gasteiger partial charge in [0.15, 0.2) is 0 Å². The zero-order valence-corrected chi connectivity index (χ0v) is 22.2. The minimum absolute atomic E-state index is 0.0143. The number of aromatic nitrogens is 2. The molecule has 1 aliphatic heterocycles. The minimum atomic E-state index is -4.60. The molecule has 0 aliphatic carbocycles. The molecule has 1 atom stereocenters. The van der Waals surface area contributed by atoms with Gasteiger partial charge in [0.1, 0.15) is 24.0 Å². The fourth-order valence-electron chi connectivity index (χ4n) is 4.66. The summed E-state index contributed by atoms with van der Waals surface area (Å²) in [6.07, 6.45) is 0.538. The first-order chi connectivity index (χ1) is 18.6. The molecule has 2 aromatic heterocycles. The van der Waals surface area contributed by atoms with Gasteiger partial charge in [-0.3, -0.25) is 9.69 Å². The molecule has 3 aromatic rings. The normalized spacial score (nSPS) is 15.8. The number of anilines is 3. The van der Waals surface area contributed by atoms with Crippen LogP contribution >= 0.6 is 0 Å². The SMILES string of the molecule is CNc1cc(CNc2ncccc2C(=O)Nc2cc(OCC3CCCN3C(C)C)cc(C(F)(F)F)c2)ccn1. The summed E-state index contributed by atoms with van der Waals surface area (Å²) in [5, 5.41) is 8.68. The molecule has 1 fully saturated rings. The Hall–Kier alpha value is -3.86. The van der Waals surface area contributed by atoms with Gasteiger partial charge in [0.05, 0.1) is 11.1 Å². The van der Waals surface area contributed by atoms with Crippen molar-refractivity contribution in [3.05, 3.63) is 71.5 Å².